The second-order valence-electron chi connectivity index (χ2n) is 6.62. The molecule has 8 nitrogen and oxygen atoms in total. The second-order valence-corrected chi connectivity index (χ2v) is 8.56. The van der Waals surface area contributed by atoms with Crippen LogP contribution in [0.5, 0.6) is 0 Å². The summed E-state index contributed by atoms with van der Waals surface area (Å²) < 4.78 is 26.8. The van der Waals surface area contributed by atoms with Gasteiger partial charge in [0.2, 0.25) is 10.0 Å². The molecule has 1 amide bonds. The maximum Gasteiger partial charge on any atom is 0.271 e. The molecule has 0 radical (unpaired) electrons. The minimum absolute atomic E-state index is 0.108. The number of amides is 1. The van der Waals surface area contributed by atoms with Crippen molar-refractivity contribution in [1.82, 2.24) is 19.7 Å². The van der Waals surface area contributed by atoms with Crippen LogP contribution in [-0.4, -0.2) is 47.9 Å². The Labute approximate surface area is 168 Å². The zero-order valence-electron chi connectivity index (χ0n) is 15.5. The standard InChI is InChI=1S/C20H19N5O3S/c26-20(24-22-14-16-13-21-18-8-1-2-9-19(18)23-16)15-6-5-7-17(12-15)29(27,28)25-10-3-4-11-25/h1-2,5-9,12-14H,3-4,10-11H2,(H,24,26)/b22-14-. The first kappa shape index (κ1) is 19.2. The number of hydrogen-bond donors (Lipinski definition) is 1. The molecule has 0 saturated carbocycles. The molecule has 29 heavy (non-hydrogen) atoms. The van der Waals surface area contributed by atoms with E-state index in [4.69, 9.17) is 0 Å². The lowest BCUT2D eigenvalue weighted by Gasteiger charge is -2.15. The molecule has 9 heteroatoms. The van der Waals surface area contributed by atoms with Crippen molar-refractivity contribution in [3.05, 3.63) is 66.0 Å². The molecule has 0 unspecified atom stereocenters. The first-order valence-electron chi connectivity index (χ1n) is 9.19. The molecule has 3 aromatic rings. The van der Waals surface area contributed by atoms with Crippen molar-refractivity contribution >= 4 is 33.2 Å². The molecule has 2 aromatic carbocycles. The van der Waals surface area contributed by atoms with Crippen LogP contribution in [0.4, 0.5) is 0 Å². The Hall–Kier alpha value is -3.17. The van der Waals surface area contributed by atoms with E-state index in [1.54, 1.807) is 18.3 Å². The molecular formula is C20H19N5O3S. The minimum atomic E-state index is -3.58. The van der Waals surface area contributed by atoms with Crippen LogP contribution in [0, 0.1) is 0 Å². The predicted molar refractivity (Wildman–Crippen MR) is 109 cm³/mol. The van der Waals surface area contributed by atoms with Gasteiger partial charge in [-0.2, -0.15) is 9.41 Å². The summed E-state index contributed by atoms with van der Waals surface area (Å²) in [6, 6.07) is 13.4. The molecule has 1 fully saturated rings. The zero-order chi connectivity index (χ0) is 20.3. The van der Waals surface area contributed by atoms with Gasteiger partial charge in [-0.25, -0.2) is 18.8 Å². The van der Waals surface area contributed by atoms with Gasteiger partial charge in [-0.1, -0.05) is 18.2 Å². The fourth-order valence-corrected chi connectivity index (χ4v) is 4.69. The first-order chi connectivity index (χ1) is 14.0. The number of hydrazone groups is 1. The molecule has 0 aliphatic carbocycles. The van der Waals surface area contributed by atoms with Crippen LogP contribution in [0.25, 0.3) is 11.0 Å². The number of rotatable bonds is 5. The van der Waals surface area contributed by atoms with Crippen LogP contribution in [-0.2, 0) is 10.0 Å². The van der Waals surface area contributed by atoms with E-state index in [0.717, 1.165) is 23.9 Å². The van der Waals surface area contributed by atoms with Crippen molar-refractivity contribution in [2.24, 2.45) is 5.10 Å². The third-order valence-electron chi connectivity index (χ3n) is 4.63. The quantitative estimate of drug-likeness (QED) is 0.514. The number of aromatic nitrogens is 2. The van der Waals surface area contributed by atoms with Gasteiger partial charge in [-0.3, -0.25) is 9.78 Å². The van der Waals surface area contributed by atoms with E-state index in [1.807, 2.05) is 24.3 Å². The van der Waals surface area contributed by atoms with Gasteiger partial charge in [-0.15, -0.1) is 0 Å². The number of para-hydroxylation sites is 2. The average Bonchev–Trinajstić information content (AvgIpc) is 3.29. The van der Waals surface area contributed by atoms with E-state index < -0.39 is 15.9 Å². The number of fused-ring (bicyclic) bond motifs is 1. The number of carbonyl (C=O) groups is 1. The normalized spacial score (nSPS) is 15.2. The van der Waals surface area contributed by atoms with E-state index in [-0.39, 0.29) is 10.5 Å². The smallest absolute Gasteiger partial charge is 0.267 e. The van der Waals surface area contributed by atoms with Crippen LogP contribution in [0.1, 0.15) is 28.9 Å². The van der Waals surface area contributed by atoms with Crippen LogP contribution in [0.15, 0.2) is 64.7 Å². The fourth-order valence-electron chi connectivity index (χ4n) is 3.13. The van der Waals surface area contributed by atoms with Crippen LogP contribution in [0.3, 0.4) is 0 Å². The number of sulfonamides is 1. The predicted octanol–water partition coefficient (Wildman–Crippen LogP) is 2.18. The summed E-state index contributed by atoms with van der Waals surface area (Å²) in [5.41, 5.74) is 4.60. The van der Waals surface area contributed by atoms with Crippen molar-refractivity contribution in [2.45, 2.75) is 17.7 Å². The fraction of sp³-hybridized carbons (Fsp3) is 0.200. The lowest BCUT2D eigenvalue weighted by atomic mass is 10.2. The summed E-state index contributed by atoms with van der Waals surface area (Å²) in [7, 11) is -3.58. The van der Waals surface area contributed by atoms with E-state index in [2.05, 4.69) is 20.5 Å². The Balaban J connectivity index is 1.47. The van der Waals surface area contributed by atoms with E-state index in [0.29, 0.717) is 18.8 Å². The molecule has 148 valence electrons. The summed E-state index contributed by atoms with van der Waals surface area (Å²) in [6.07, 6.45) is 4.65. The maximum atomic E-state index is 12.7. The van der Waals surface area contributed by atoms with Crippen LogP contribution >= 0.6 is 0 Å². The van der Waals surface area contributed by atoms with Gasteiger partial charge < -0.3 is 0 Å². The van der Waals surface area contributed by atoms with Crippen molar-refractivity contribution in [1.29, 1.82) is 0 Å². The third-order valence-corrected chi connectivity index (χ3v) is 6.52. The van der Waals surface area contributed by atoms with Crippen molar-refractivity contribution in [3.8, 4) is 0 Å². The Morgan fingerprint density at radius 3 is 2.62 bits per heavy atom. The van der Waals surface area contributed by atoms with Gasteiger partial charge >= 0.3 is 0 Å². The summed E-state index contributed by atoms with van der Waals surface area (Å²) >= 11 is 0. The minimum Gasteiger partial charge on any atom is -0.267 e. The van der Waals surface area contributed by atoms with Gasteiger partial charge in [0.05, 0.1) is 28.3 Å². The highest BCUT2D eigenvalue weighted by Gasteiger charge is 2.27. The molecule has 1 aliphatic rings. The highest BCUT2D eigenvalue weighted by Crippen LogP contribution is 2.21. The molecule has 0 spiro atoms. The average molecular weight is 409 g/mol. The van der Waals surface area contributed by atoms with Crippen molar-refractivity contribution in [3.63, 3.8) is 0 Å². The van der Waals surface area contributed by atoms with Gasteiger partial charge in [0.15, 0.2) is 0 Å². The lowest BCUT2D eigenvalue weighted by molar-refractivity contribution is 0.0955. The highest BCUT2D eigenvalue weighted by atomic mass is 32.2. The van der Waals surface area contributed by atoms with Gasteiger partial charge in [0, 0.05) is 18.7 Å². The summed E-state index contributed by atoms with van der Waals surface area (Å²) in [5.74, 6) is -0.506. The molecule has 2 heterocycles. The Bertz CT molecular complexity index is 1190. The van der Waals surface area contributed by atoms with Crippen LogP contribution in [0.2, 0.25) is 0 Å². The first-order valence-corrected chi connectivity index (χ1v) is 10.6. The number of nitrogens with one attached hydrogen (secondary N) is 1. The van der Waals surface area contributed by atoms with Gasteiger partial charge in [0.25, 0.3) is 5.91 Å². The van der Waals surface area contributed by atoms with Crippen LogP contribution < -0.4 is 5.43 Å². The van der Waals surface area contributed by atoms with E-state index in [1.165, 1.54) is 22.7 Å². The molecule has 1 N–H and O–H groups in total. The highest BCUT2D eigenvalue weighted by molar-refractivity contribution is 7.89. The molecule has 0 atom stereocenters. The molecule has 0 bridgehead atoms. The maximum absolute atomic E-state index is 12.7. The lowest BCUT2D eigenvalue weighted by Crippen LogP contribution is -2.28. The number of hydrogen-bond acceptors (Lipinski definition) is 6. The number of carbonyl (C=O) groups excluding carboxylic acids is 1. The Kier molecular flexibility index (Phi) is 5.32. The van der Waals surface area contributed by atoms with E-state index >= 15 is 0 Å². The topological polar surface area (TPSA) is 105 Å². The SMILES string of the molecule is O=C(N/N=C\c1cnc2ccccc2n1)c1cccc(S(=O)(=O)N2CCCC2)c1. The van der Waals surface area contributed by atoms with Gasteiger partial charge in [-0.05, 0) is 43.2 Å². The second kappa shape index (κ2) is 8.06. The molecule has 4 rings (SSSR count). The largest absolute Gasteiger partial charge is 0.271 e. The number of nitrogens with zero attached hydrogens (tertiary/aromatic N) is 4. The third kappa shape index (κ3) is 4.15. The summed E-state index contributed by atoms with van der Waals surface area (Å²) in [4.78, 5) is 21.1. The molecule has 1 aliphatic heterocycles. The van der Waals surface area contributed by atoms with Crippen molar-refractivity contribution in [2.75, 3.05) is 13.1 Å². The Morgan fingerprint density at radius 2 is 1.83 bits per heavy atom. The molecule has 1 saturated heterocycles. The van der Waals surface area contributed by atoms with E-state index in [9.17, 15) is 13.2 Å². The van der Waals surface area contributed by atoms with Crippen molar-refractivity contribution < 1.29 is 13.2 Å². The van der Waals surface area contributed by atoms with Gasteiger partial charge in [0.1, 0.15) is 5.69 Å². The summed E-state index contributed by atoms with van der Waals surface area (Å²) in [5, 5.41) is 3.91. The molecule has 1 aromatic heterocycles. The monoisotopic (exact) mass is 409 g/mol. The number of benzene rings is 2. The molecular weight excluding hydrogens is 390 g/mol. The zero-order valence-corrected chi connectivity index (χ0v) is 16.3. The Morgan fingerprint density at radius 1 is 1.07 bits per heavy atom. The summed E-state index contributed by atoms with van der Waals surface area (Å²) in [6.45, 7) is 1.02.